The maximum Gasteiger partial charge on any atom is 0.258 e. The summed E-state index contributed by atoms with van der Waals surface area (Å²) in [6, 6.07) is 24.2. The van der Waals surface area contributed by atoms with Crippen LogP contribution in [0, 0.1) is 0 Å². The van der Waals surface area contributed by atoms with Crippen LogP contribution in [0.3, 0.4) is 0 Å². The van der Waals surface area contributed by atoms with Crippen molar-refractivity contribution in [3.05, 3.63) is 90.0 Å². The van der Waals surface area contributed by atoms with E-state index in [2.05, 4.69) is 10.6 Å². The minimum atomic E-state index is -3.39. The largest absolute Gasteiger partial charge is 0.354 e. The second kappa shape index (κ2) is 7.68. The lowest BCUT2D eigenvalue weighted by Crippen LogP contribution is -2.24. The summed E-state index contributed by atoms with van der Waals surface area (Å²) in [5.41, 5.74) is 4.82. The first-order chi connectivity index (χ1) is 14.3. The van der Waals surface area contributed by atoms with Crippen LogP contribution >= 0.6 is 0 Å². The van der Waals surface area contributed by atoms with E-state index in [-0.39, 0.29) is 5.91 Å². The number of hydrogen-bond acceptors (Lipinski definition) is 4. The third-order valence-corrected chi connectivity index (χ3v) is 6.17. The zero-order valence-corrected chi connectivity index (χ0v) is 17.4. The van der Waals surface area contributed by atoms with Crippen molar-refractivity contribution < 1.29 is 13.2 Å². The normalized spacial score (nSPS) is 14.7. The summed E-state index contributed by atoms with van der Waals surface area (Å²) in [6.07, 6.45) is 1.16. The number of carbonyl (C=O) groups excluding carboxylic acids is 1. The van der Waals surface area contributed by atoms with Crippen LogP contribution in [0.15, 0.2) is 78.9 Å². The maximum atomic E-state index is 12.8. The van der Waals surface area contributed by atoms with Crippen molar-refractivity contribution in [2.24, 2.45) is 0 Å². The first-order valence-electron chi connectivity index (χ1n) is 9.36. The fraction of sp³-hybridized carbons (Fsp3) is 0.0870. The van der Waals surface area contributed by atoms with Crippen molar-refractivity contribution in [1.29, 1.82) is 0 Å². The van der Waals surface area contributed by atoms with E-state index in [9.17, 15) is 13.2 Å². The van der Waals surface area contributed by atoms with Crippen molar-refractivity contribution in [2.75, 3.05) is 28.2 Å². The van der Waals surface area contributed by atoms with Crippen LogP contribution in [0.25, 0.3) is 11.3 Å². The quantitative estimate of drug-likeness (QED) is 0.613. The molecule has 0 saturated carbocycles. The minimum Gasteiger partial charge on any atom is -0.354 e. The van der Waals surface area contributed by atoms with E-state index in [1.807, 2.05) is 60.7 Å². The maximum absolute atomic E-state index is 12.8. The topological polar surface area (TPSA) is 78.5 Å². The number of rotatable bonds is 5. The number of carbonyl (C=O) groups is 1. The summed E-state index contributed by atoms with van der Waals surface area (Å²) in [5, 5.41) is 6.26. The third kappa shape index (κ3) is 3.79. The Kier molecular flexibility index (Phi) is 5.05. The van der Waals surface area contributed by atoms with Crippen molar-refractivity contribution >= 4 is 44.3 Å². The number of sulfonamides is 1. The lowest BCUT2D eigenvalue weighted by atomic mass is 10.00. The van der Waals surface area contributed by atoms with Gasteiger partial charge in [0, 0.05) is 24.0 Å². The van der Waals surface area contributed by atoms with Crippen molar-refractivity contribution in [1.82, 2.24) is 0 Å². The van der Waals surface area contributed by atoms with Gasteiger partial charge in [-0.2, -0.15) is 0 Å². The Morgan fingerprint density at radius 3 is 2.37 bits per heavy atom. The Hall–Kier alpha value is -3.58. The summed E-state index contributed by atoms with van der Waals surface area (Å²) < 4.78 is 25.1. The Bertz CT molecular complexity index is 1250. The van der Waals surface area contributed by atoms with E-state index in [0.717, 1.165) is 23.1 Å². The smallest absolute Gasteiger partial charge is 0.258 e. The summed E-state index contributed by atoms with van der Waals surface area (Å²) in [4.78, 5) is 12.8. The highest BCUT2D eigenvalue weighted by atomic mass is 32.2. The Morgan fingerprint density at radius 2 is 1.63 bits per heavy atom. The molecule has 2 N–H and O–H groups in total. The van der Waals surface area contributed by atoms with Gasteiger partial charge in [0.05, 0.1) is 23.2 Å². The average molecular weight is 420 g/mol. The molecule has 6 nitrogen and oxygen atoms in total. The average Bonchev–Trinajstić information content (AvgIpc) is 3.07. The molecule has 4 rings (SSSR count). The molecule has 1 aliphatic heterocycles. The van der Waals surface area contributed by atoms with Crippen LogP contribution in [-0.4, -0.2) is 27.6 Å². The molecule has 0 fully saturated rings. The fourth-order valence-electron chi connectivity index (χ4n) is 3.36. The van der Waals surface area contributed by atoms with Crippen LogP contribution in [0.2, 0.25) is 0 Å². The lowest BCUT2D eigenvalue weighted by molar-refractivity contribution is -0.110. The van der Waals surface area contributed by atoms with Gasteiger partial charge < -0.3 is 10.6 Å². The highest BCUT2D eigenvalue weighted by Crippen LogP contribution is 2.37. The van der Waals surface area contributed by atoms with E-state index < -0.39 is 10.0 Å². The van der Waals surface area contributed by atoms with E-state index in [1.165, 1.54) is 11.4 Å². The zero-order valence-electron chi connectivity index (χ0n) is 16.6. The van der Waals surface area contributed by atoms with Gasteiger partial charge >= 0.3 is 0 Å². The second-order valence-electron chi connectivity index (χ2n) is 7.02. The van der Waals surface area contributed by atoms with E-state index in [4.69, 9.17) is 0 Å². The molecule has 1 heterocycles. The molecule has 0 aliphatic carbocycles. The molecular weight excluding hydrogens is 398 g/mol. The van der Waals surface area contributed by atoms with Gasteiger partial charge in [0.1, 0.15) is 0 Å². The first-order valence-corrected chi connectivity index (χ1v) is 11.2. The second-order valence-corrected chi connectivity index (χ2v) is 9.04. The van der Waals surface area contributed by atoms with E-state index in [0.29, 0.717) is 22.6 Å². The highest BCUT2D eigenvalue weighted by molar-refractivity contribution is 7.92. The Labute approximate surface area is 175 Å². The highest BCUT2D eigenvalue weighted by Gasteiger charge is 2.28. The Balaban J connectivity index is 1.84. The number of nitrogens with zero attached hydrogens (tertiary/aromatic N) is 1. The van der Waals surface area contributed by atoms with Gasteiger partial charge in [-0.25, -0.2) is 8.42 Å². The molecule has 0 radical (unpaired) electrons. The number of anilines is 3. The van der Waals surface area contributed by atoms with Gasteiger partial charge in [0.25, 0.3) is 5.91 Å². The van der Waals surface area contributed by atoms with Gasteiger partial charge in [0.15, 0.2) is 0 Å². The SMILES string of the molecule is CN(c1cccc(N/C(=C2\C(=O)Nc3ccccc32)c2ccccc2)c1)S(C)(=O)=O. The van der Waals surface area contributed by atoms with Crippen molar-refractivity contribution in [3.8, 4) is 0 Å². The molecule has 3 aromatic rings. The predicted octanol–water partition coefficient (Wildman–Crippen LogP) is 4.01. The molecule has 30 heavy (non-hydrogen) atoms. The van der Waals surface area contributed by atoms with Crippen LogP contribution in [0.1, 0.15) is 11.1 Å². The number of para-hydroxylation sites is 1. The van der Waals surface area contributed by atoms with Gasteiger partial charge in [-0.1, -0.05) is 54.6 Å². The molecule has 7 heteroatoms. The molecule has 0 unspecified atom stereocenters. The molecule has 0 bridgehead atoms. The number of amides is 1. The standard InChI is InChI=1S/C23H21N3O3S/c1-26(30(2,28)29)18-12-8-11-17(15-18)24-22(16-9-4-3-5-10-16)21-19-13-6-7-14-20(19)25-23(21)27/h3-15,24H,1-2H3,(H,25,27)/b22-21-. The predicted molar refractivity (Wildman–Crippen MR) is 122 cm³/mol. The van der Waals surface area contributed by atoms with Crippen molar-refractivity contribution in [3.63, 3.8) is 0 Å². The van der Waals surface area contributed by atoms with E-state index in [1.54, 1.807) is 18.2 Å². The fourth-order valence-corrected chi connectivity index (χ4v) is 3.86. The number of nitrogens with one attached hydrogen (secondary N) is 2. The summed E-state index contributed by atoms with van der Waals surface area (Å²) in [6.45, 7) is 0. The Morgan fingerprint density at radius 1 is 0.933 bits per heavy atom. The zero-order chi connectivity index (χ0) is 21.3. The monoisotopic (exact) mass is 419 g/mol. The molecule has 1 aliphatic rings. The molecule has 0 spiro atoms. The van der Waals surface area contributed by atoms with Crippen molar-refractivity contribution in [2.45, 2.75) is 0 Å². The summed E-state index contributed by atoms with van der Waals surface area (Å²) in [7, 11) is -1.88. The number of fused-ring (bicyclic) bond motifs is 1. The summed E-state index contributed by atoms with van der Waals surface area (Å²) >= 11 is 0. The first kappa shape index (κ1) is 19.7. The lowest BCUT2D eigenvalue weighted by Gasteiger charge is -2.19. The van der Waals surface area contributed by atoms with Crippen LogP contribution in [0.4, 0.5) is 17.1 Å². The molecule has 0 atom stereocenters. The van der Waals surface area contributed by atoms with Gasteiger partial charge in [0.2, 0.25) is 10.0 Å². The molecule has 1 amide bonds. The summed E-state index contributed by atoms with van der Waals surface area (Å²) in [5.74, 6) is -0.188. The van der Waals surface area contributed by atoms with E-state index >= 15 is 0 Å². The van der Waals surface area contributed by atoms with Crippen LogP contribution in [0.5, 0.6) is 0 Å². The minimum absolute atomic E-state index is 0.188. The molecule has 0 aromatic heterocycles. The molecule has 0 saturated heterocycles. The van der Waals surface area contributed by atoms with Gasteiger partial charge in [-0.3, -0.25) is 9.10 Å². The molecule has 3 aromatic carbocycles. The van der Waals surface area contributed by atoms with Gasteiger partial charge in [-0.15, -0.1) is 0 Å². The molecule has 152 valence electrons. The number of hydrogen-bond donors (Lipinski definition) is 2. The number of benzene rings is 3. The molecular formula is C23H21N3O3S. The van der Waals surface area contributed by atoms with Gasteiger partial charge in [-0.05, 0) is 29.8 Å². The third-order valence-electron chi connectivity index (χ3n) is 4.96. The van der Waals surface area contributed by atoms with Crippen LogP contribution < -0.4 is 14.9 Å². The van der Waals surface area contributed by atoms with Crippen LogP contribution in [-0.2, 0) is 14.8 Å².